The van der Waals surface area contributed by atoms with Crippen LogP contribution < -0.4 is 5.73 Å². The summed E-state index contributed by atoms with van der Waals surface area (Å²) in [6.07, 6.45) is 5.06. The number of pyridine rings is 1. The fourth-order valence-corrected chi connectivity index (χ4v) is 1.13. The van der Waals surface area contributed by atoms with Gasteiger partial charge in [-0.3, -0.25) is 4.98 Å². The molecule has 0 radical (unpaired) electrons. The zero-order chi connectivity index (χ0) is 8.97. The molecule has 0 aliphatic rings. The Morgan fingerprint density at radius 1 is 1.58 bits per heavy atom. The molecule has 0 saturated heterocycles. The normalized spacial score (nSPS) is 12.8. The number of aromatic nitrogens is 1. The second kappa shape index (κ2) is 4.07. The highest BCUT2D eigenvalue weighted by atomic mass is 16.3. The fourth-order valence-electron chi connectivity index (χ4n) is 1.13. The maximum atomic E-state index is 9.11. The summed E-state index contributed by atoms with van der Waals surface area (Å²) in [5.74, 6) is 0.180. The molecule has 0 aromatic carbocycles. The van der Waals surface area contributed by atoms with E-state index in [-0.39, 0.29) is 11.8 Å². The smallest absolute Gasteiger partial charge is 0.134 e. The third-order valence-electron chi connectivity index (χ3n) is 1.77. The van der Waals surface area contributed by atoms with Gasteiger partial charge >= 0.3 is 0 Å². The van der Waals surface area contributed by atoms with Gasteiger partial charge in [0.25, 0.3) is 0 Å². The molecular weight excluding hydrogens is 152 g/mol. The van der Waals surface area contributed by atoms with Crippen molar-refractivity contribution in [2.24, 2.45) is 5.73 Å². The van der Waals surface area contributed by atoms with Crippen LogP contribution in [0.15, 0.2) is 18.5 Å². The molecule has 0 bridgehead atoms. The Labute approximate surface area is 72.2 Å². The van der Waals surface area contributed by atoms with Crippen LogP contribution in [0.5, 0.6) is 5.75 Å². The lowest BCUT2D eigenvalue weighted by atomic mass is 10.1. The van der Waals surface area contributed by atoms with Gasteiger partial charge in [-0.1, -0.05) is 13.3 Å². The van der Waals surface area contributed by atoms with Crippen LogP contribution in [-0.2, 0) is 0 Å². The molecular formula is C9H14N2O. The molecule has 1 heterocycles. The quantitative estimate of drug-likeness (QED) is 0.716. The van der Waals surface area contributed by atoms with Crippen molar-refractivity contribution < 1.29 is 5.11 Å². The molecule has 66 valence electrons. The molecule has 0 spiro atoms. The molecule has 0 aliphatic heterocycles. The van der Waals surface area contributed by atoms with Gasteiger partial charge in [-0.05, 0) is 18.1 Å². The van der Waals surface area contributed by atoms with Crippen LogP contribution in [0.3, 0.4) is 0 Å². The topological polar surface area (TPSA) is 59.1 Å². The maximum absolute atomic E-state index is 9.11. The van der Waals surface area contributed by atoms with Gasteiger partial charge in [0, 0.05) is 12.2 Å². The standard InChI is InChI=1S/C9H14N2O/c1-2-3-9(10)7-4-8(12)6-11-5-7/h4-6,9,12H,2-3,10H2,1H3/t9-/m1/s1. The van der Waals surface area contributed by atoms with Gasteiger partial charge in [0.15, 0.2) is 0 Å². The van der Waals surface area contributed by atoms with Gasteiger partial charge < -0.3 is 10.8 Å². The molecule has 0 aliphatic carbocycles. The summed E-state index contributed by atoms with van der Waals surface area (Å²) < 4.78 is 0. The van der Waals surface area contributed by atoms with Crippen molar-refractivity contribution in [1.29, 1.82) is 0 Å². The summed E-state index contributed by atoms with van der Waals surface area (Å²) in [6, 6.07) is 1.66. The Morgan fingerprint density at radius 2 is 2.33 bits per heavy atom. The average Bonchev–Trinajstić information content (AvgIpc) is 2.05. The van der Waals surface area contributed by atoms with Crippen molar-refractivity contribution in [3.63, 3.8) is 0 Å². The summed E-state index contributed by atoms with van der Waals surface area (Å²) in [6.45, 7) is 2.08. The van der Waals surface area contributed by atoms with Crippen molar-refractivity contribution in [2.75, 3.05) is 0 Å². The number of nitrogens with zero attached hydrogens (tertiary/aromatic N) is 1. The highest BCUT2D eigenvalue weighted by molar-refractivity contribution is 5.24. The summed E-state index contributed by atoms with van der Waals surface area (Å²) >= 11 is 0. The fraction of sp³-hybridized carbons (Fsp3) is 0.444. The third kappa shape index (κ3) is 2.20. The van der Waals surface area contributed by atoms with Crippen molar-refractivity contribution in [1.82, 2.24) is 4.98 Å². The molecule has 0 fully saturated rings. The predicted octanol–water partition coefficient (Wildman–Crippen LogP) is 1.59. The molecule has 0 amide bonds. The SMILES string of the molecule is CCC[C@@H](N)c1cncc(O)c1. The summed E-state index contributed by atoms with van der Waals surface area (Å²) in [5, 5.41) is 9.11. The molecule has 12 heavy (non-hydrogen) atoms. The third-order valence-corrected chi connectivity index (χ3v) is 1.77. The molecule has 1 aromatic heterocycles. The van der Waals surface area contributed by atoms with Crippen LogP contribution in [0.2, 0.25) is 0 Å². The van der Waals surface area contributed by atoms with E-state index in [1.54, 1.807) is 12.3 Å². The largest absolute Gasteiger partial charge is 0.506 e. The van der Waals surface area contributed by atoms with Crippen molar-refractivity contribution in [3.05, 3.63) is 24.0 Å². The molecule has 3 nitrogen and oxygen atoms in total. The summed E-state index contributed by atoms with van der Waals surface area (Å²) in [7, 11) is 0. The number of rotatable bonds is 3. The minimum atomic E-state index is -0.00500. The number of hydrogen-bond acceptors (Lipinski definition) is 3. The average molecular weight is 166 g/mol. The van der Waals surface area contributed by atoms with Crippen LogP contribution in [0.25, 0.3) is 0 Å². The van der Waals surface area contributed by atoms with Crippen molar-refractivity contribution >= 4 is 0 Å². The molecule has 0 saturated carbocycles. The van der Waals surface area contributed by atoms with E-state index in [0.29, 0.717) is 0 Å². The number of aromatic hydroxyl groups is 1. The number of nitrogens with two attached hydrogens (primary N) is 1. The second-order valence-corrected chi connectivity index (χ2v) is 2.87. The first-order chi connectivity index (χ1) is 5.74. The highest BCUT2D eigenvalue weighted by Gasteiger charge is 2.04. The summed E-state index contributed by atoms with van der Waals surface area (Å²) in [4.78, 5) is 3.86. The van der Waals surface area contributed by atoms with Crippen molar-refractivity contribution in [2.45, 2.75) is 25.8 Å². The Kier molecular flexibility index (Phi) is 3.05. The molecule has 1 rings (SSSR count). The van der Waals surface area contributed by atoms with Crippen LogP contribution in [0.4, 0.5) is 0 Å². The molecule has 3 heteroatoms. The molecule has 3 N–H and O–H groups in total. The van der Waals surface area contributed by atoms with Gasteiger partial charge in [-0.2, -0.15) is 0 Å². The first-order valence-corrected chi connectivity index (χ1v) is 4.13. The number of hydrogen-bond donors (Lipinski definition) is 2. The lowest BCUT2D eigenvalue weighted by Gasteiger charge is -2.09. The first-order valence-electron chi connectivity index (χ1n) is 4.13. The van der Waals surface area contributed by atoms with Gasteiger partial charge in [-0.15, -0.1) is 0 Å². The molecule has 1 atom stereocenters. The van der Waals surface area contributed by atoms with Crippen LogP contribution >= 0.6 is 0 Å². The minimum absolute atomic E-state index is 0.00500. The predicted molar refractivity (Wildman–Crippen MR) is 47.7 cm³/mol. The van der Waals surface area contributed by atoms with E-state index < -0.39 is 0 Å². The van der Waals surface area contributed by atoms with Gasteiger partial charge in [0.2, 0.25) is 0 Å². The minimum Gasteiger partial charge on any atom is -0.506 e. The van der Waals surface area contributed by atoms with E-state index in [2.05, 4.69) is 11.9 Å². The highest BCUT2D eigenvalue weighted by Crippen LogP contribution is 2.17. The van der Waals surface area contributed by atoms with E-state index in [4.69, 9.17) is 10.8 Å². The van der Waals surface area contributed by atoms with E-state index >= 15 is 0 Å². The van der Waals surface area contributed by atoms with E-state index in [0.717, 1.165) is 18.4 Å². The second-order valence-electron chi connectivity index (χ2n) is 2.87. The van der Waals surface area contributed by atoms with Gasteiger partial charge in [0.05, 0.1) is 6.20 Å². The first kappa shape index (κ1) is 9.00. The molecule has 1 aromatic rings. The maximum Gasteiger partial charge on any atom is 0.134 e. The van der Waals surface area contributed by atoms with Crippen LogP contribution in [-0.4, -0.2) is 10.1 Å². The Bertz CT molecular complexity index is 250. The zero-order valence-electron chi connectivity index (χ0n) is 7.20. The van der Waals surface area contributed by atoms with Crippen LogP contribution in [0.1, 0.15) is 31.4 Å². The van der Waals surface area contributed by atoms with Crippen LogP contribution in [0, 0.1) is 0 Å². The van der Waals surface area contributed by atoms with Crippen molar-refractivity contribution in [3.8, 4) is 5.75 Å². The zero-order valence-corrected chi connectivity index (χ0v) is 7.20. The Hall–Kier alpha value is -1.09. The van der Waals surface area contributed by atoms with E-state index in [1.165, 1.54) is 6.20 Å². The van der Waals surface area contributed by atoms with Gasteiger partial charge in [-0.25, -0.2) is 0 Å². The Balaban J connectivity index is 2.73. The van der Waals surface area contributed by atoms with E-state index in [9.17, 15) is 0 Å². The van der Waals surface area contributed by atoms with Gasteiger partial charge in [0.1, 0.15) is 5.75 Å². The summed E-state index contributed by atoms with van der Waals surface area (Å²) in [5.41, 5.74) is 6.72. The lowest BCUT2D eigenvalue weighted by Crippen LogP contribution is -2.09. The molecule has 0 unspecified atom stereocenters. The monoisotopic (exact) mass is 166 g/mol. The van der Waals surface area contributed by atoms with E-state index in [1.807, 2.05) is 0 Å². The Morgan fingerprint density at radius 3 is 2.92 bits per heavy atom. The lowest BCUT2D eigenvalue weighted by molar-refractivity contribution is 0.470.